The second-order valence-corrected chi connectivity index (χ2v) is 11.7. The number of thiophene rings is 1. The van der Waals surface area contributed by atoms with E-state index in [4.69, 9.17) is 16.0 Å². The molecule has 0 unspecified atom stereocenters. The average molecular weight is 519 g/mol. The second kappa shape index (κ2) is 8.07. The van der Waals surface area contributed by atoms with Gasteiger partial charge < -0.3 is 4.42 Å². The van der Waals surface area contributed by atoms with Crippen molar-refractivity contribution in [2.45, 2.75) is 9.99 Å². The quantitative estimate of drug-likeness (QED) is 0.291. The first kappa shape index (κ1) is 21.8. The molecule has 2 N–H and O–H groups in total. The number of furan rings is 1. The predicted molar refractivity (Wildman–Crippen MR) is 131 cm³/mol. The van der Waals surface area contributed by atoms with Gasteiger partial charge in [0.15, 0.2) is 0 Å². The summed E-state index contributed by atoms with van der Waals surface area (Å²) in [5.41, 5.74) is 0.398. The minimum absolute atomic E-state index is 0.0226. The van der Waals surface area contributed by atoms with Crippen molar-refractivity contribution in [2.24, 2.45) is 0 Å². The summed E-state index contributed by atoms with van der Waals surface area (Å²) in [6.07, 6.45) is 0. The number of anilines is 2. The lowest BCUT2D eigenvalue weighted by Gasteiger charge is -2.14. The molecule has 0 saturated heterocycles. The summed E-state index contributed by atoms with van der Waals surface area (Å²) >= 11 is 7.37. The Labute approximate surface area is 198 Å². The first-order chi connectivity index (χ1) is 15.7. The molecule has 0 spiro atoms. The number of benzene rings is 3. The Bertz CT molecular complexity index is 1690. The van der Waals surface area contributed by atoms with Crippen molar-refractivity contribution in [3.63, 3.8) is 0 Å². The fourth-order valence-electron chi connectivity index (χ4n) is 3.34. The Morgan fingerprint density at radius 3 is 2.33 bits per heavy atom. The summed E-state index contributed by atoms with van der Waals surface area (Å²) < 4.78 is 63.4. The van der Waals surface area contributed by atoms with Crippen molar-refractivity contribution in [3.8, 4) is 0 Å². The maximum atomic E-state index is 13.1. The van der Waals surface area contributed by atoms with E-state index >= 15 is 0 Å². The van der Waals surface area contributed by atoms with Crippen LogP contribution < -0.4 is 9.44 Å². The summed E-state index contributed by atoms with van der Waals surface area (Å²) in [5, 5.41) is 2.66. The van der Waals surface area contributed by atoms with E-state index in [1.165, 1.54) is 35.6 Å². The molecule has 2 aromatic heterocycles. The molecular formula is C22H15ClN2O5S3. The highest BCUT2D eigenvalue weighted by Crippen LogP contribution is 2.34. The highest BCUT2D eigenvalue weighted by Gasteiger charge is 2.24. The number of sulfonamides is 2. The molecule has 5 rings (SSSR count). The van der Waals surface area contributed by atoms with Gasteiger partial charge in [-0.2, -0.15) is 8.42 Å². The van der Waals surface area contributed by atoms with Crippen molar-refractivity contribution >= 4 is 75.4 Å². The molecular weight excluding hydrogens is 504 g/mol. The zero-order chi connectivity index (χ0) is 23.2. The summed E-state index contributed by atoms with van der Waals surface area (Å²) in [7, 11) is -8.18. The third-order valence-corrected chi connectivity index (χ3v) is 8.85. The van der Waals surface area contributed by atoms with E-state index in [2.05, 4.69) is 9.44 Å². The lowest BCUT2D eigenvalue weighted by molar-refractivity contribution is 0.484. The largest absolute Gasteiger partial charge is 0.443 e. The van der Waals surface area contributed by atoms with Crippen LogP contribution in [0.3, 0.4) is 0 Å². The van der Waals surface area contributed by atoms with Crippen LogP contribution in [-0.2, 0) is 20.0 Å². The zero-order valence-electron chi connectivity index (χ0n) is 16.6. The van der Waals surface area contributed by atoms with Crippen LogP contribution in [0.25, 0.3) is 21.1 Å². The lowest BCUT2D eigenvalue weighted by Crippen LogP contribution is -2.17. The monoisotopic (exact) mass is 518 g/mol. The zero-order valence-corrected chi connectivity index (χ0v) is 19.9. The maximum absolute atomic E-state index is 13.1. The number of halogens is 1. The van der Waals surface area contributed by atoms with E-state index < -0.39 is 20.0 Å². The van der Waals surface area contributed by atoms with Crippen LogP contribution in [0.4, 0.5) is 11.4 Å². The van der Waals surface area contributed by atoms with E-state index in [0.29, 0.717) is 16.4 Å². The predicted octanol–water partition coefficient (Wildman–Crippen LogP) is 5.90. The summed E-state index contributed by atoms with van der Waals surface area (Å²) in [4.78, 5) is 0.101. The highest BCUT2D eigenvalue weighted by molar-refractivity contribution is 7.93. The molecule has 0 fully saturated rings. The van der Waals surface area contributed by atoms with Gasteiger partial charge in [-0.05, 0) is 30.3 Å². The van der Waals surface area contributed by atoms with Crippen molar-refractivity contribution in [3.05, 3.63) is 83.2 Å². The number of para-hydroxylation sites is 1. The van der Waals surface area contributed by atoms with E-state index in [-0.39, 0.29) is 26.4 Å². The van der Waals surface area contributed by atoms with E-state index in [9.17, 15) is 16.8 Å². The molecule has 0 aliphatic rings. The number of nitrogens with one attached hydrogen (secondary N) is 2. The number of hydrogen-bond donors (Lipinski definition) is 2. The van der Waals surface area contributed by atoms with Crippen LogP contribution in [0.1, 0.15) is 0 Å². The van der Waals surface area contributed by atoms with Gasteiger partial charge in [-0.15, -0.1) is 11.3 Å². The third kappa shape index (κ3) is 4.18. The van der Waals surface area contributed by atoms with Gasteiger partial charge in [0.05, 0.1) is 11.4 Å². The second-order valence-electron chi connectivity index (χ2n) is 7.10. The molecule has 5 aromatic rings. The molecule has 168 valence electrons. The molecule has 0 aliphatic carbocycles. The van der Waals surface area contributed by atoms with Gasteiger partial charge in [0.1, 0.15) is 10.5 Å². The van der Waals surface area contributed by atoms with E-state index in [1.807, 2.05) is 12.1 Å². The van der Waals surface area contributed by atoms with Crippen LogP contribution in [0.2, 0.25) is 5.02 Å². The molecule has 0 bridgehead atoms. The van der Waals surface area contributed by atoms with Crippen LogP contribution >= 0.6 is 22.9 Å². The van der Waals surface area contributed by atoms with Crippen LogP contribution in [0.5, 0.6) is 0 Å². The molecule has 0 atom stereocenters. The van der Waals surface area contributed by atoms with Crippen molar-refractivity contribution < 1.29 is 21.3 Å². The van der Waals surface area contributed by atoms with Gasteiger partial charge in [0, 0.05) is 31.9 Å². The maximum Gasteiger partial charge on any atom is 0.295 e. The SMILES string of the molecule is O=S(=O)(Nc1cc(Cl)ccc1NS(=O)(=O)c1csc2ccccc12)c1cc2ccccc2o1. The Morgan fingerprint density at radius 1 is 0.788 bits per heavy atom. The number of fused-ring (bicyclic) bond motifs is 2. The number of hydrogen-bond acceptors (Lipinski definition) is 6. The topological polar surface area (TPSA) is 105 Å². The standard InChI is InChI=1S/C22H15ClN2O5S3/c23-15-9-10-17(24-32(26,27)21-13-31-20-8-4-2-6-16(20)21)18(12-15)25-33(28,29)22-11-14-5-1-3-7-19(14)30-22/h1-13,24-25H. The molecule has 2 heterocycles. The van der Waals surface area contributed by atoms with Gasteiger partial charge in [-0.3, -0.25) is 9.44 Å². The normalized spacial score (nSPS) is 12.3. The summed E-state index contributed by atoms with van der Waals surface area (Å²) in [6.45, 7) is 0. The molecule has 0 aliphatic heterocycles. The average Bonchev–Trinajstić information content (AvgIpc) is 3.40. The molecule has 33 heavy (non-hydrogen) atoms. The molecule has 3 aromatic carbocycles. The fraction of sp³-hybridized carbons (Fsp3) is 0. The highest BCUT2D eigenvalue weighted by atomic mass is 35.5. The Hall–Kier alpha value is -3.05. The minimum atomic E-state index is -4.17. The smallest absolute Gasteiger partial charge is 0.295 e. The number of rotatable bonds is 6. The van der Waals surface area contributed by atoms with Gasteiger partial charge in [0.25, 0.3) is 20.0 Å². The lowest BCUT2D eigenvalue weighted by atomic mass is 10.3. The molecule has 7 nitrogen and oxygen atoms in total. The van der Waals surface area contributed by atoms with Crippen molar-refractivity contribution in [1.29, 1.82) is 0 Å². The Morgan fingerprint density at radius 2 is 1.52 bits per heavy atom. The Kier molecular flexibility index (Phi) is 5.32. The van der Waals surface area contributed by atoms with Crippen LogP contribution in [0.15, 0.2) is 92.6 Å². The van der Waals surface area contributed by atoms with Crippen molar-refractivity contribution in [2.75, 3.05) is 9.44 Å². The van der Waals surface area contributed by atoms with Crippen LogP contribution in [0, 0.1) is 0 Å². The van der Waals surface area contributed by atoms with E-state index in [1.54, 1.807) is 41.8 Å². The molecule has 0 amide bonds. The van der Waals surface area contributed by atoms with Gasteiger partial charge >= 0.3 is 0 Å². The summed E-state index contributed by atoms with van der Waals surface area (Å²) in [5.74, 6) is 0. The molecule has 11 heteroatoms. The van der Waals surface area contributed by atoms with Gasteiger partial charge in [-0.25, -0.2) is 8.42 Å². The van der Waals surface area contributed by atoms with E-state index in [0.717, 1.165) is 4.70 Å². The third-order valence-electron chi connectivity index (χ3n) is 4.87. The van der Waals surface area contributed by atoms with Crippen LogP contribution in [-0.4, -0.2) is 16.8 Å². The molecule has 0 radical (unpaired) electrons. The van der Waals surface area contributed by atoms with Gasteiger partial charge in [0.2, 0.25) is 5.09 Å². The first-order valence-electron chi connectivity index (χ1n) is 9.53. The minimum Gasteiger partial charge on any atom is -0.443 e. The first-order valence-corrected chi connectivity index (χ1v) is 13.8. The Balaban J connectivity index is 1.51. The fourth-order valence-corrected chi connectivity index (χ4v) is 7.13. The van der Waals surface area contributed by atoms with Gasteiger partial charge in [-0.1, -0.05) is 48.0 Å². The summed E-state index contributed by atoms with van der Waals surface area (Å²) in [6, 6.07) is 19.6. The van der Waals surface area contributed by atoms with Crippen molar-refractivity contribution in [1.82, 2.24) is 0 Å². The molecule has 0 saturated carbocycles.